The average molecular weight is 304 g/mol. The van der Waals surface area contributed by atoms with Crippen LogP contribution in [0, 0.1) is 0 Å². The van der Waals surface area contributed by atoms with E-state index in [9.17, 15) is 13.2 Å². The zero-order chi connectivity index (χ0) is 14.3. The van der Waals surface area contributed by atoms with E-state index in [1.165, 1.54) is 24.3 Å². The van der Waals surface area contributed by atoms with Crippen LogP contribution in [0.4, 0.5) is 0 Å². The zero-order valence-corrected chi connectivity index (χ0v) is 11.9. The SMILES string of the molecule is CCOC(=O)[C@@]1(N)C[C@H]1S(=O)(=O)c1ccc(Cl)cc1. The first-order chi connectivity index (χ1) is 8.82. The molecule has 1 fully saturated rings. The number of benzene rings is 1. The van der Waals surface area contributed by atoms with Gasteiger partial charge in [0, 0.05) is 5.02 Å². The van der Waals surface area contributed by atoms with Gasteiger partial charge in [0.15, 0.2) is 9.84 Å². The van der Waals surface area contributed by atoms with Gasteiger partial charge in [-0.05, 0) is 37.6 Å². The molecule has 0 bridgehead atoms. The first kappa shape index (κ1) is 14.3. The van der Waals surface area contributed by atoms with Gasteiger partial charge in [0.1, 0.15) is 5.54 Å². The molecule has 2 rings (SSSR count). The second-order valence-electron chi connectivity index (χ2n) is 4.45. The van der Waals surface area contributed by atoms with Crippen LogP contribution < -0.4 is 5.73 Å². The van der Waals surface area contributed by atoms with Crippen LogP contribution in [0.5, 0.6) is 0 Å². The molecule has 19 heavy (non-hydrogen) atoms. The fraction of sp³-hybridized carbons (Fsp3) is 0.417. The molecule has 1 aromatic rings. The predicted molar refractivity (Wildman–Crippen MR) is 70.6 cm³/mol. The van der Waals surface area contributed by atoms with Gasteiger partial charge in [-0.25, -0.2) is 8.42 Å². The van der Waals surface area contributed by atoms with E-state index in [1.807, 2.05) is 0 Å². The average Bonchev–Trinajstić information content (AvgIpc) is 3.05. The Morgan fingerprint density at radius 1 is 1.47 bits per heavy atom. The highest BCUT2D eigenvalue weighted by atomic mass is 35.5. The van der Waals surface area contributed by atoms with Crippen molar-refractivity contribution >= 4 is 27.4 Å². The minimum atomic E-state index is -3.64. The fourth-order valence-electron chi connectivity index (χ4n) is 1.90. The van der Waals surface area contributed by atoms with Crippen molar-refractivity contribution in [3.63, 3.8) is 0 Å². The molecule has 0 aromatic heterocycles. The van der Waals surface area contributed by atoms with Crippen LogP contribution in [0.2, 0.25) is 5.02 Å². The molecule has 0 unspecified atom stereocenters. The molecule has 2 atom stereocenters. The van der Waals surface area contributed by atoms with E-state index in [4.69, 9.17) is 22.1 Å². The molecule has 7 heteroatoms. The van der Waals surface area contributed by atoms with Crippen molar-refractivity contribution in [1.29, 1.82) is 0 Å². The Morgan fingerprint density at radius 2 is 2.05 bits per heavy atom. The van der Waals surface area contributed by atoms with E-state index in [1.54, 1.807) is 6.92 Å². The Labute approximate surface area is 116 Å². The van der Waals surface area contributed by atoms with Gasteiger partial charge in [-0.1, -0.05) is 11.6 Å². The number of hydrogen-bond donors (Lipinski definition) is 1. The number of hydrogen-bond acceptors (Lipinski definition) is 5. The van der Waals surface area contributed by atoms with Crippen molar-refractivity contribution in [2.75, 3.05) is 6.61 Å². The minimum Gasteiger partial charge on any atom is -0.465 e. The largest absolute Gasteiger partial charge is 0.465 e. The van der Waals surface area contributed by atoms with Gasteiger partial charge in [0.2, 0.25) is 0 Å². The maximum absolute atomic E-state index is 12.3. The number of esters is 1. The number of nitrogens with two attached hydrogens (primary N) is 1. The third-order valence-electron chi connectivity index (χ3n) is 3.11. The first-order valence-corrected chi connectivity index (χ1v) is 7.70. The van der Waals surface area contributed by atoms with Crippen molar-refractivity contribution in [3.8, 4) is 0 Å². The van der Waals surface area contributed by atoms with Crippen molar-refractivity contribution in [2.24, 2.45) is 5.73 Å². The summed E-state index contributed by atoms with van der Waals surface area (Å²) in [7, 11) is -3.64. The van der Waals surface area contributed by atoms with Gasteiger partial charge in [0.25, 0.3) is 0 Å². The molecular formula is C12H14ClNO4S. The number of ether oxygens (including phenoxy) is 1. The van der Waals surface area contributed by atoms with E-state index in [0.29, 0.717) is 5.02 Å². The molecule has 0 spiro atoms. The van der Waals surface area contributed by atoms with Gasteiger partial charge >= 0.3 is 5.97 Å². The number of sulfone groups is 1. The molecular weight excluding hydrogens is 290 g/mol. The topological polar surface area (TPSA) is 86.5 Å². The van der Waals surface area contributed by atoms with E-state index in [-0.39, 0.29) is 17.9 Å². The summed E-state index contributed by atoms with van der Waals surface area (Å²) in [5, 5.41) is -0.487. The third-order valence-corrected chi connectivity index (χ3v) is 5.63. The summed E-state index contributed by atoms with van der Waals surface area (Å²) in [6, 6.07) is 5.78. The summed E-state index contributed by atoms with van der Waals surface area (Å²) in [6.07, 6.45) is 0.0802. The first-order valence-electron chi connectivity index (χ1n) is 5.78. The second-order valence-corrected chi connectivity index (χ2v) is 7.02. The van der Waals surface area contributed by atoms with Crippen LogP contribution in [0.3, 0.4) is 0 Å². The minimum absolute atomic E-state index is 0.0802. The van der Waals surface area contributed by atoms with E-state index in [2.05, 4.69) is 0 Å². The highest BCUT2D eigenvalue weighted by molar-refractivity contribution is 7.92. The van der Waals surface area contributed by atoms with E-state index in [0.717, 1.165) is 0 Å². The van der Waals surface area contributed by atoms with E-state index >= 15 is 0 Å². The molecule has 0 aliphatic heterocycles. The summed E-state index contributed by atoms with van der Waals surface area (Å²) in [5.74, 6) is -0.669. The molecule has 0 amide bonds. The van der Waals surface area contributed by atoms with Gasteiger partial charge in [0.05, 0.1) is 16.8 Å². The smallest absolute Gasteiger partial charge is 0.327 e. The quantitative estimate of drug-likeness (QED) is 0.843. The Bertz CT molecular complexity index is 599. The summed E-state index contributed by atoms with van der Waals surface area (Å²) in [5.41, 5.74) is 4.37. The van der Waals surface area contributed by atoms with Gasteiger partial charge in [-0.15, -0.1) is 0 Å². The molecule has 1 saturated carbocycles. The lowest BCUT2D eigenvalue weighted by molar-refractivity contribution is -0.145. The molecule has 0 radical (unpaired) electrons. The van der Waals surface area contributed by atoms with Crippen molar-refractivity contribution in [1.82, 2.24) is 0 Å². The number of rotatable bonds is 4. The zero-order valence-electron chi connectivity index (χ0n) is 10.3. The van der Waals surface area contributed by atoms with Crippen LogP contribution in [-0.4, -0.2) is 31.8 Å². The lowest BCUT2D eigenvalue weighted by Crippen LogP contribution is -2.40. The summed E-state index contributed by atoms with van der Waals surface area (Å²) in [6.45, 7) is 1.82. The molecule has 1 aromatic carbocycles. The molecule has 1 aliphatic rings. The number of carbonyl (C=O) groups is 1. The van der Waals surface area contributed by atoms with Crippen LogP contribution in [0.1, 0.15) is 13.3 Å². The lowest BCUT2D eigenvalue weighted by Gasteiger charge is -2.10. The normalized spacial score (nSPS) is 25.9. The standard InChI is InChI=1S/C12H14ClNO4S/c1-2-18-11(15)12(14)7-10(12)19(16,17)9-5-3-8(13)4-6-9/h3-6,10H,2,7,14H2,1H3/t10-,12-/m1/s1. The van der Waals surface area contributed by atoms with Gasteiger partial charge < -0.3 is 10.5 Å². The Balaban J connectivity index is 2.24. The van der Waals surface area contributed by atoms with Gasteiger partial charge in [-0.2, -0.15) is 0 Å². The van der Waals surface area contributed by atoms with E-state index < -0.39 is 26.6 Å². The molecule has 2 N–H and O–H groups in total. The van der Waals surface area contributed by atoms with Crippen LogP contribution in [-0.2, 0) is 19.4 Å². The summed E-state index contributed by atoms with van der Waals surface area (Å²) in [4.78, 5) is 11.7. The number of carbonyl (C=O) groups excluding carboxylic acids is 1. The Hall–Kier alpha value is -1.11. The van der Waals surface area contributed by atoms with Crippen LogP contribution in [0.25, 0.3) is 0 Å². The van der Waals surface area contributed by atoms with Crippen LogP contribution >= 0.6 is 11.6 Å². The lowest BCUT2D eigenvalue weighted by atomic mass is 10.3. The number of halogens is 1. The van der Waals surface area contributed by atoms with Crippen molar-refractivity contribution < 1.29 is 17.9 Å². The van der Waals surface area contributed by atoms with Crippen molar-refractivity contribution in [2.45, 2.75) is 29.0 Å². The van der Waals surface area contributed by atoms with Gasteiger partial charge in [-0.3, -0.25) is 4.79 Å². The molecule has 1 aliphatic carbocycles. The van der Waals surface area contributed by atoms with Crippen LogP contribution in [0.15, 0.2) is 29.2 Å². The highest BCUT2D eigenvalue weighted by Gasteiger charge is 2.65. The third kappa shape index (κ3) is 2.48. The highest BCUT2D eigenvalue weighted by Crippen LogP contribution is 2.43. The Kier molecular flexibility index (Phi) is 3.59. The molecule has 0 heterocycles. The maximum atomic E-state index is 12.3. The molecule has 5 nitrogen and oxygen atoms in total. The summed E-state index contributed by atoms with van der Waals surface area (Å²) >= 11 is 5.71. The maximum Gasteiger partial charge on any atom is 0.327 e. The summed E-state index contributed by atoms with van der Waals surface area (Å²) < 4.78 is 29.4. The predicted octanol–water partition coefficient (Wildman–Crippen LogP) is 1.15. The monoisotopic (exact) mass is 303 g/mol. The molecule has 0 saturated heterocycles. The van der Waals surface area contributed by atoms with Crippen molar-refractivity contribution in [3.05, 3.63) is 29.3 Å². The molecule has 104 valence electrons. The fourth-order valence-corrected chi connectivity index (χ4v) is 4.02. The Morgan fingerprint density at radius 3 is 2.58 bits per heavy atom. The second kappa shape index (κ2) is 4.77.